The summed E-state index contributed by atoms with van der Waals surface area (Å²) in [6.07, 6.45) is 0. The van der Waals surface area contributed by atoms with Crippen molar-refractivity contribution in [2.24, 2.45) is 5.84 Å². The van der Waals surface area contributed by atoms with E-state index in [1.165, 1.54) is 0 Å². The second-order valence-electron chi connectivity index (χ2n) is 4.20. The fraction of sp³-hybridized carbons (Fsp3) is 0.500. The summed E-state index contributed by atoms with van der Waals surface area (Å²) in [5.41, 5.74) is 5.62. The zero-order valence-electron chi connectivity index (χ0n) is 10.1. The molecule has 1 aromatic heterocycles. The number of rotatable bonds is 3. The van der Waals surface area contributed by atoms with Crippen molar-refractivity contribution in [3.63, 3.8) is 0 Å². The lowest BCUT2D eigenvalue weighted by atomic mass is 10.4. The van der Waals surface area contributed by atoms with Crippen LogP contribution in [0, 0.1) is 0 Å². The van der Waals surface area contributed by atoms with Gasteiger partial charge >= 0.3 is 0 Å². The molecule has 0 radical (unpaired) electrons. The highest BCUT2D eigenvalue weighted by molar-refractivity contribution is 6.37. The van der Waals surface area contributed by atoms with Gasteiger partial charge in [-0.15, -0.1) is 0 Å². The summed E-state index contributed by atoms with van der Waals surface area (Å²) in [5.74, 6) is 6.29. The highest BCUT2D eigenvalue weighted by atomic mass is 35.5. The van der Waals surface area contributed by atoms with Crippen LogP contribution in [0.2, 0.25) is 10.0 Å². The first-order valence-electron chi connectivity index (χ1n) is 5.63. The van der Waals surface area contributed by atoms with Crippen LogP contribution in [-0.4, -0.2) is 48.1 Å². The van der Waals surface area contributed by atoms with Crippen molar-refractivity contribution in [3.05, 3.63) is 16.1 Å². The standard InChI is InChI=1S/C10H16Cl2N6/c1-17-2-4-18(5-3-17)16-10-8(12)6-7(11)9(14-10)15-13/h6H,2-5,13H2,1H3,(H2,14,15,16). The van der Waals surface area contributed by atoms with Crippen molar-refractivity contribution in [1.29, 1.82) is 0 Å². The zero-order chi connectivity index (χ0) is 13.1. The molecule has 0 unspecified atom stereocenters. The van der Waals surface area contributed by atoms with Crippen molar-refractivity contribution in [2.75, 3.05) is 44.1 Å². The summed E-state index contributed by atoms with van der Waals surface area (Å²) in [6.45, 7) is 3.81. The Balaban J connectivity index is 2.09. The number of hydrogen-bond donors (Lipinski definition) is 3. The first-order valence-corrected chi connectivity index (χ1v) is 6.38. The molecule has 1 saturated heterocycles. The van der Waals surface area contributed by atoms with Gasteiger partial charge in [0.2, 0.25) is 0 Å². The molecule has 1 fully saturated rings. The van der Waals surface area contributed by atoms with Crippen molar-refractivity contribution in [1.82, 2.24) is 14.9 Å². The highest BCUT2D eigenvalue weighted by Gasteiger charge is 2.16. The minimum atomic E-state index is 0.395. The molecule has 1 aliphatic heterocycles. The molecule has 8 heteroatoms. The molecule has 0 amide bonds. The molecule has 4 N–H and O–H groups in total. The van der Waals surface area contributed by atoms with E-state index in [4.69, 9.17) is 29.0 Å². The number of nitrogens with two attached hydrogens (primary N) is 1. The SMILES string of the molecule is CN1CCN(Nc2nc(NN)c(Cl)cc2Cl)CC1. The monoisotopic (exact) mass is 290 g/mol. The molecule has 0 saturated carbocycles. The average molecular weight is 291 g/mol. The molecule has 2 heterocycles. The first kappa shape index (κ1) is 13.6. The predicted octanol–water partition coefficient (Wildman–Crippen LogP) is 1.25. The average Bonchev–Trinajstić information content (AvgIpc) is 2.35. The van der Waals surface area contributed by atoms with Crippen LogP contribution in [-0.2, 0) is 0 Å². The fourth-order valence-electron chi connectivity index (χ4n) is 1.71. The van der Waals surface area contributed by atoms with Crippen LogP contribution in [0.15, 0.2) is 6.07 Å². The van der Waals surface area contributed by atoms with E-state index < -0.39 is 0 Å². The molecule has 6 nitrogen and oxygen atoms in total. The minimum absolute atomic E-state index is 0.395. The maximum Gasteiger partial charge on any atom is 0.161 e. The van der Waals surface area contributed by atoms with E-state index in [1.807, 2.05) is 0 Å². The quantitative estimate of drug-likeness (QED) is 0.575. The van der Waals surface area contributed by atoms with Crippen LogP contribution in [0.5, 0.6) is 0 Å². The Hall–Kier alpha value is -0.790. The minimum Gasteiger partial charge on any atom is -0.307 e. The number of nitrogens with zero attached hydrogens (tertiary/aromatic N) is 3. The maximum absolute atomic E-state index is 6.09. The van der Waals surface area contributed by atoms with E-state index in [0.717, 1.165) is 26.2 Å². The van der Waals surface area contributed by atoms with E-state index in [2.05, 4.69) is 32.8 Å². The van der Waals surface area contributed by atoms with Gasteiger partial charge < -0.3 is 15.8 Å². The van der Waals surface area contributed by atoms with E-state index in [0.29, 0.717) is 21.7 Å². The molecule has 0 bridgehead atoms. The highest BCUT2D eigenvalue weighted by Crippen LogP contribution is 2.28. The molecule has 1 aromatic rings. The Morgan fingerprint density at radius 3 is 2.39 bits per heavy atom. The number of halogens is 2. The third kappa shape index (κ3) is 3.15. The fourth-order valence-corrected chi connectivity index (χ4v) is 2.17. The summed E-state index contributed by atoms with van der Waals surface area (Å²) in [4.78, 5) is 6.50. The van der Waals surface area contributed by atoms with Crippen LogP contribution >= 0.6 is 23.2 Å². The third-order valence-electron chi connectivity index (χ3n) is 2.83. The molecule has 0 aliphatic carbocycles. The zero-order valence-corrected chi connectivity index (χ0v) is 11.6. The topological polar surface area (TPSA) is 69.5 Å². The van der Waals surface area contributed by atoms with Crippen molar-refractivity contribution in [2.45, 2.75) is 0 Å². The van der Waals surface area contributed by atoms with Crippen molar-refractivity contribution >= 4 is 34.8 Å². The Kier molecular flexibility index (Phi) is 4.47. The van der Waals surface area contributed by atoms with Crippen LogP contribution in [0.25, 0.3) is 0 Å². The summed E-state index contributed by atoms with van der Waals surface area (Å²) >= 11 is 12.0. The number of hydrogen-bond acceptors (Lipinski definition) is 6. The van der Waals surface area contributed by atoms with Gasteiger partial charge in [0.15, 0.2) is 11.6 Å². The largest absolute Gasteiger partial charge is 0.307 e. The molecule has 1 aliphatic rings. The van der Waals surface area contributed by atoms with Gasteiger partial charge in [-0.2, -0.15) is 0 Å². The second-order valence-corrected chi connectivity index (χ2v) is 5.01. The molecular weight excluding hydrogens is 275 g/mol. The number of piperazine rings is 1. The van der Waals surface area contributed by atoms with Gasteiger partial charge in [0, 0.05) is 26.2 Å². The lowest BCUT2D eigenvalue weighted by Gasteiger charge is -2.32. The lowest BCUT2D eigenvalue weighted by molar-refractivity contribution is 0.178. The van der Waals surface area contributed by atoms with E-state index in [1.54, 1.807) is 6.07 Å². The normalized spacial score (nSPS) is 17.8. The van der Waals surface area contributed by atoms with Crippen LogP contribution < -0.4 is 16.7 Å². The van der Waals surface area contributed by atoms with E-state index in [9.17, 15) is 0 Å². The van der Waals surface area contributed by atoms with Gasteiger partial charge in [-0.1, -0.05) is 23.2 Å². The smallest absolute Gasteiger partial charge is 0.161 e. The Bertz CT molecular complexity index is 419. The van der Waals surface area contributed by atoms with Crippen LogP contribution in [0.4, 0.5) is 11.6 Å². The summed E-state index contributed by atoms with van der Waals surface area (Å²) < 4.78 is 0. The predicted molar refractivity (Wildman–Crippen MR) is 74.8 cm³/mol. The number of nitrogen functional groups attached to an aromatic ring is 1. The van der Waals surface area contributed by atoms with Gasteiger partial charge in [0.05, 0.1) is 10.0 Å². The Labute approximate surface area is 116 Å². The molecule has 18 heavy (non-hydrogen) atoms. The summed E-state index contributed by atoms with van der Waals surface area (Å²) in [5, 5.41) is 2.94. The molecule has 0 atom stereocenters. The van der Waals surface area contributed by atoms with Gasteiger partial charge in [-0.3, -0.25) is 0 Å². The van der Waals surface area contributed by atoms with Crippen LogP contribution in [0.3, 0.4) is 0 Å². The number of pyridine rings is 1. The lowest BCUT2D eigenvalue weighted by Crippen LogP contribution is -2.47. The van der Waals surface area contributed by atoms with Gasteiger partial charge in [-0.05, 0) is 13.1 Å². The van der Waals surface area contributed by atoms with Gasteiger partial charge in [0.1, 0.15) is 0 Å². The van der Waals surface area contributed by atoms with Crippen molar-refractivity contribution in [3.8, 4) is 0 Å². The van der Waals surface area contributed by atoms with E-state index >= 15 is 0 Å². The third-order valence-corrected chi connectivity index (χ3v) is 3.41. The molecule has 2 rings (SSSR count). The molecule has 0 aromatic carbocycles. The Morgan fingerprint density at radius 2 is 1.78 bits per heavy atom. The van der Waals surface area contributed by atoms with Crippen molar-refractivity contribution < 1.29 is 0 Å². The van der Waals surface area contributed by atoms with Gasteiger partial charge in [0.25, 0.3) is 0 Å². The maximum atomic E-state index is 6.09. The molecule has 100 valence electrons. The molecule has 0 spiro atoms. The summed E-state index contributed by atoms with van der Waals surface area (Å²) in [7, 11) is 2.10. The number of aromatic nitrogens is 1. The molecular formula is C10H16Cl2N6. The number of hydrazine groups is 2. The first-order chi connectivity index (χ1) is 8.60. The van der Waals surface area contributed by atoms with Crippen LogP contribution in [0.1, 0.15) is 0 Å². The number of nitrogens with one attached hydrogen (secondary N) is 2. The van der Waals surface area contributed by atoms with E-state index in [-0.39, 0.29) is 0 Å². The second kappa shape index (κ2) is 5.90. The number of anilines is 2. The number of likely N-dealkylation sites (N-methyl/N-ethyl adjacent to an activating group) is 1. The Morgan fingerprint density at radius 1 is 1.17 bits per heavy atom. The van der Waals surface area contributed by atoms with Gasteiger partial charge in [-0.25, -0.2) is 15.8 Å². The summed E-state index contributed by atoms with van der Waals surface area (Å²) in [6, 6.07) is 1.61.